The van der Waals surface area contributed by atoms with Crippen molar-refractivity contribution in [2.45, 2.75) is 6.42 Å². The standard InChI is InChI=1S/C6H7NS/c7-4-3-6-2-1-5-8-6/h1-2,4-5,7H,3H2. The summed E-state index contributed by atoms with van der Waals surface area (Å²) < 4.78 is 0. The molecule has 8 heavy (non-hydrogen) atoms. The Morgan fingerprint density at radius 1 is 1.75 bits per heavy atom. The molecule has 0 atom stereocenters. The molecule has 0 aromatic carbocycles. The van der Waals surface area contributed by atoms with Gasteiger partial charge in [0.2, 0.25) is 0 Å². The van der Waals surface area contributed by atoms with E-state index in [1.807, 2.05) is 17.5 Å². The lowest BCUT2D eigenvalue weighted by atomic mass is 10.4. The highest BCUT2D eigenvalue weighted by Crippen LogP contribution is 2.06. The minimum atomic E-state index is 0.789. The zero-order chi connectivity index (χ0) is 5.82. The van der Waals surface area contributed by atoms with Crippen molar-refractivity contribution in [1.29, 1.82) is 5.41 Å². The summed E-state index contributed by atoms with van der Waals surface area (Å²) in [6.45, 7) is 0. The highest BCUT2D eigenvalue weighted by molar-refractivity contribution is 7.10. The molecule has 1 aromatic heterocycles. The van der Waals surface area contributed by atoms with Crippen LogP contribution in [0.3, 0.4) is 0 Å². The first-order valence-electron chi connectivity index (χ1n) is 2.45. The topological polar surface area (TPSA) is 23.9 Å². The smallest absolute Gasteiger partial charge is 0.0166 e. The Morgan fingerprint density at radius 3 is 3.12 bits per heavy atom. The molecule has 1 aromatic rings. The molecule has 1 rings (SSSR count). The Kier molecular flexibility index (Phi) is 1.80. The van der Waals surface area contributed by atoms with Gasteiger partial charge in [-0.2, -0.15) is 0 Å². The number of thiophene rings is 1. The maximum atomic E-state index is 6.76. The Hall–Kier alpha value is -0.630. The Morgan fingerprint density at radius 2 is 2.62 bits per heavy atom. The van der Waals surface area contributed by atoms with Crippen molar-refractivity contribution in [1.82, 2.24) is 0 Å². The van der Waals surface area contributed by atoms with Crippen LogP contribution in [0.15, 0.2) is 17.5 Å². The predicted molar refractivity (Wildman–Crippen MR) is 36.8 cm³/mol. The van der Waals surface area contributed by atoms with Gasteiger partial charge >= 0.3 is 0 Å². The molecule has 42 valence electrons. The molecular weight excluding hydrogens is 118 g/mol. The zero-order valence-electron chi connectivity index (χ0n) is 4.42. The van der Waals surface area contributed by atoms with Crippen molar-refractivity contribution in [3.63, 3.8) is 0 Å². The van der Waals surface area contributed by atoms with Gasteiger partial charge in [0.15, 0.2) is 0 Å². The highest BCUT2D eigenvalue weighted by atomic mass is 32.1. The van der Waals surface area contributed by atoms with Gasteiger partial charge in [-0.05, 0) is 11.4 Å². The van der Waals surface area contributed by atoms with Crippen LogP contribution in [0.25, 0.3) is 0 Å². The maximum Gasteiger partial charge on any atom is 0.0166 e. The lowest BCUT2D eigenvalue weighted by Gasteiger charge is -1.80. The minimum Gasteiger partial charge on any atom is -0.313 e. The molecule has 0 saturated carbocycles. The van der Waals surface area contributed by atoms with Gasteiger partial charge in [-0.25, -0.2) is 0 Å². The second-order valence-electron chi connectivity index (χ2n) is 1.49. The van der Waals surface area contributed by atoms with Gasteiger partial charge in [0, 0.05) is 17.5 Å². The lowest BCUT2D eigenvalue weighted by molar-refractivity contribution is 1.40. The van der Waals surface area contributed by atoms with Crippen LogP contribution in [-0.4, -0.2) is 6.21 Å². The van der Waals surface area contributed by atoms with Gasteiger partial charge in [0.1, 0.15) is 0 Å². The third-order valence-electron chi connectivity index (χ3n) is 0.883. The van der Waals surface area contributed by atoms with E-state index in [2.05, 4.69) is 0 Å². The fourth-order valence-corrected chi connectivity index (χ4v) is 1.20. The molecule has 0 saturated heterocycles. The fourth-order valence-electron chi connectivity index (χ4n) is 0.529. The molecule has 0 spiro atoms. The third kappa shape index (κ3) is 1.17. The summed E-state index contributed by atoms with van der Waals surface area (Å²) in [4.78, 5) is 1.26. The molecule has 0 aliphatic rings. The van der Waals surface area contributed by atoms with E-state index < -0.39 is 0 Å². The average Bonchev–Trinajstić information content (AvgIpc) is 2.19. The average molecular weight is 125 g/mol. The molecule has 1 N–H and O–H groups in total. The second-order valence-corrected chi connectivity index (χ2v) is 2.52. The number of hydrogen-bond acceptors (Lipinski definition) is 2. The number of rotatable bonds is 2. The van der Waals surface area contributed by atoms with Crippen LogP contribution in [-0.2, 0) is 6.42 Å². The van der Waals surface area contributed by atoms with Crippen LogP contribution in [0.1, 0.15) is 4.88 Å². The Labute approximate surface area is 52.5 Å². The van der Waals surface area contributed by atoms with Gasteiger partial charge in [-0.1, -0.05) is 6.07 Å². The lowest BCUT2D eigenvalue weighted by Crippen LogP contribution is -1.75. The summed E-state index contributed by atoms with van der Waals surface area (Å²) >= 11 is 1.70. The van der Waals surface area contributed by atoms with E-state index in [1.165, 1.54) is 11.1 Å². The summed E-state index contributed by atoms with van der Waals surface area (Å²) in [5.41, 5.74) is 0. The van der Waals surface area contributed by atoms with Crippen LogP contribution in [0, 0.1) is 5.41 Å². The van der Waals surface area contributed by atoms with Crippen LogP contribution >= 0.6 is 11.3 Å². The quantitative estimate of drug-likeness (QED) is 0.584. The molecule has 0 aliphatic carbocycles. The van der Waals surface area contributed by atoms with Gasteiger partial charge in [-0.3, -0.25) is 0 Å². The van der Waals surface area contributed by atoms with Crippen molar-refractivity contribution >= 4 is 17.6 Å². The van der Waals surface area contributed by atoms with Gasteiger partial charge in [0.25, 0.3) is 0 Å². The SMILES string of the molecule is N=CCc1cccs1. The van der Waals surface area contributed by atoms with Crippen molar-refractivity contribution in [3.05, 3.63) is 22.4 Å². The molecule has 1 nitrogen and oxygen atoms in total. The predicted octanol–water partition coefficient (Wildman–Crippen LogP) is 1.94. The van der Waals surface area contributed by atoms with E-state index >= 15 is 0 Å². The normalized spacial score (nSPS) is 9.00. The van der Waals surface area contributed by atoms with Crippen LogP contribution in [0.2, 0.25) is 0 Å². The van der Waals surface area contributed by atoms with E-state index in [9.17, 15) is 0 Å². The van der Waals surface area contributed by atoms with Crippen molar-refractivity contribution in [2.24, 2.45) is 0 Å². The van der Waals surface area contributed by atoms with Crippen molar-refractivity contribution in [3.8, 4) is 0 Å². The monoisotopic (exact) mass is 125 g/mol. The Balaban J connectivity index is 2.62. The van der Waals surface area contributed by atoms with Gasteiger partial charge in [0.05, 0.1) is 0 Å². The molecule has 2 heteroatoms. The Bertz CT molecular complexity index is 155. The zero-order valence-corrected chi connectivity index (χ0v) is 5.24. The molecule has 0 aliphatic heterocycles. The van der Waals surface area contributed by atoms with Crippen LogP contribution in [0.5, 0.6) is 0 Å². The first-order chi connectivity index (χ1) is 3.93. The second kappa shape index (κ2) is 2.62. The molecule has 0 fully saturated rings. The van der Waals surface area contributed by atoms with Crippen LogP contribution in [0.4, 0.5) is 0 Å². The van der Waals surface area contributed by atoms with Crippen molar-refractivity contribution in [2.75, 3.05) is 0 Å². The maximum absolute atomic E-state index is 6.76. The van der Waals surface area contributed by atoms with E-state index in [0.717, 1.165) is 6.42 Å². The molecule has 0 amide bonds. The van der Waals surface area contributed by atoms with Gasteiger partial charge < -0.3 is 5.41 Å². The number of hydrogen-bond donors (Lipinski definition) is 1. The van der Waals surface area contributed by atoms with E-state index in [0.29, 0.717) is 0 Å². The molecule has 1 heterocycles. The molecule has 0 bridgehead atoms. The molecule has 0 radical (unpaired) electrons. The van der Waals surface area contributed by atoms with E-state index in [1.54, 1.807) is 11.3 Å². The highest BCUT2D eigenvalue weighted by Gasteiger charge is 1.85. The summed E-state index contributed by atoms with van der Waals surface area (Å²) in [5, 5.41) is 8.79. The summed E-state index contributed by atoms with van der Waals surface area (Å²) in [6, 6.07) is 4.04. The summed E-state index contributed by atoms with van der Waals surface area (Å²) in [6.07, 6.45) is 2.21. The largest absolute Gasteiger partial charge is 0.313 e. The van der Waals surface area contributed by atoms with E-state index in [-0.39, 0.29) is 0 Å². The van der Waals surface area contributed by atoms with E-state index in [4.69, 9.17) is 5.41 Å². The molecule has 0 unspecified atom stereocenters. The minimum absolute atomic E-state index is 0.789. The number of nitrogens with one attached hydrogen (secondary N) is 1. The van der Waals surface area contributed by atoms with Gasteiger partial charge in [-0.15, -0.1) is 11.3 Å². The fraction of sp³-hybridized carbons (Fsp3) is 0.167. The third-order valence-corrected chi connectivity index (χ3v) is 1.78. The first-order valence-corrected chi connectivity index (χ1v) is 3.33. The summed E-state index contributed by atoms with van der Waals surface area (Å²) in [7, 11) is 0. The van der Waals surface area contributed by atoms with Crippen molar-refractivity contribution < 1.29 is 0 Å². The van der Waals surface area contributed by atoms with Crippen LogP contribution < -0.4 is 0 Å². The first kappa shape index (κ1) is 5.51. The summed E-state index contributed by atoms with van der Waals surface area (Å²) in [5.74, 6) is 0. The molecular formula is C6H7NS.